The number of halogens is 2. The molecule has 19 heavy (non-hydrogen) atoms. The van der Waals surface area contributed by atoms with Gasteiger partial charge in [0.1, 0.15) is 12.1 Å². The van der Waals surface area contributed by atoms with Gasteiger partial charge in [0.25, 0.3) is 0 Å². The van der Waals surface area contributed by atoms with Crippen LogP contribution in [-0.4, -0.2) is 20.8 Å². The SMILES string of the molecule is Fc1ccc(Cn2cnc(CNC3CC3)n2)c(Cl)c1. The minimum atomic E-state index is -0.332. The van der Waals surface area contributed by atoms with Crippen molar-refractivity contribution in [3.8, 4) is 0 Å². The summed E-state index contributed by atoms with van der Waals surface area (Å²) < 4.78 is 14.7. The van der Waals surface area contributed by atoms with Gasteiger partial charge in [-0.25, -0.2) is 14.1 Å². The Balaban J connectivity index is 1.65. The Morgan fingerprint density at radius 2 is 2.26 bits per heavy atom. The molecule has 6 heteroatoms. The van der Waals surface area contributed by atoms with E-state index < -0.39 is 0 Å². The van der Waals surface area contributed by atoms with Crippen molar-refractivity contribution in [3.05, 3.63) is 46.8 Å². The number of aromatic nitrogens is 3. The highest BCUT2D eigenvalue weighted by Crippen LogP contribution is 2.19. The van der Waals surface area contributed by atoms with Crippen molar-refractivity contribution in [3.63, 3.8) is 0 Å². The summed E-state index contributed by atoms with van der Waals surface area (Å²) in [6.07, 6.45) is 4.15. The first kappa shape index (κ1) is 12.6. The lowest BCUT2D eigenvalue weighted by Gasteiger charge is -2.04. The van der Waals surface area contributed by atoms with Gasteiger partial charge in [0.2, 0.25) is 0 Å². The van der Waals surface area contributed by atoms with Crippen molar-refractivity contribution in [2.24, 2.45) is 0 Å². The number of rotatable bonds is 5. The third-order valence-corrected chi connectivity index (χ3v) is 3.41. The molecule has 4 nitrogen and oxygen atoms in total. The van der Waals surface area contributed by atoms with Crippen molar-refractivity contribution in [1.29, 1.82) is 0 Å². The second kappa shape index (κ2) is 5.27. The fourth-order valence-electron chi connectivity index (χ4n) is 1.84. The van der Waals surface area contributed by atoms with Gasteiger partial charge >= 0.3 is 0 Å². The van der Waals surface area contributed by atoms with Gasteiger partial charge in [0.15, 0.2) is 5.82 Å². The van der Waals surface area contributed by atoms with Gasteiger partial charge < -0.3 is 5.32 Å². The summed E-state index contributed by atoms with van der Waals surface area (Å²) in [6.45, 7) is 1.18. The molecule has 2 aromatic rings. The summed E-state index contributed by atoms with van der Waals surface area (Å²) in [7, 11) is 0. The predicted octanol–water partition coefficient (Wildman–Crippen LogP) is 2.37. The van der Waals surface area contributed by atoms with Crippen LogP contribution in [0.25, 0.3) is 0 Å². The molecule has 1 aliphatic carbocycles. The molecule has 1 fully saturated rings. The lowest BCUT2D eigenvalue weighted by molar-refractivity contribution is 0.619. The van der Waals surface area contributed by atoms with Crippen molar-refractivity contribution < 1.29 is 4.39 Å². The zero-order valence-corrected chi connectivity index (χ0v) is 11.1. The van der Waals surface area contributed by atoms with Crippen LogP contribution in [0.4, 0.5) is 4.39 Å². The molecule has 1 aliphatic rings. The number of hydrogen-bond acceptors (Lipinski definition) is 3. The zero-order valence-electron chi connectivity index (χ0n) is 10.3. The normalized spacial score (nSPS) is 14.8. The van der Waals surface area contributed by atoms with E-state index in [0.717, 1.165) is 11.4 Å². The predicted molar refractivity (Wildman–Crippen MR) is 70.4 cm³/mol. The molecule has 0 radical (unpaired) electrons. The first-order valence-corrected chi connectivity index (χ1v) is 6.64. The minimum absolute atomic E-state index is 0.332. The molecular formula is C13H14ClFN4. The van der Waals surface area contributed by atoms with Crippen molar-refractivity contribution in [2.45, 2.75) is 32.0 Å². The summed E-state index contributed by atoms with van der Waals surface area (Å²) in [5.74, 6) is 0.437. The van der Waals surface area contributed by atoms with Gasteiger partial charge in [0.05, 0.1) is 13.1 Å². The van der Waals surface area contributed by atoms with Crippen LogP contribution in [0.1, 0.15) is 24.2 Å². The van der Waals surface area contributed by atoms with Gasteiger partial charge in [-0.2, -0.15) is 5.10 Å². The first-order valence-electron chi connectivity index (χ1n) is 6.26. The van der Waals surface area contributed by atoms with Gasteiger partial charge in [-0.3, -0.25) is 0 Å². The molecule has 0 aliphatic heterocycles. The Morgan fingerprint density at radius 3 is 3.00 bits per heavy atom. The molecule has 3 rings (SSSR count). The fourth-order valence-corrected chi connectivity index (χ4v) is 2.06. The third-order valence-electron chi connectivity index (χ3n) is 3.06. The summed E-state index contributed by atoms with van der Waals surface area (Å²) in [4.78, 5) is 4.23. The second-order valence-electron chi connectivity index (χ2n) is 4.75. The van der Waals surface area contributed by atoms with Crippen LogP contribution in [0, 0.1) is 5.82 Å². The molecular weight excluding hydrogens is 267 g/mol. The quantitative estimate of drug-likeness (QED) is 0.914. The molecule has 1 heterocycles. The Labute approximate surface area is 115 Å². The number of benzene rings is 1. The molecule has 0 spiro atoms. The lowest BCUT2D eigenvalue weighted by Crippen LogP contribution is -2.16. The maximum absolute atomic E-state index is 12.9. The van der Waals surface area contributed by atoms with Gasteiger partial charge in [0, 0.05) is 11.1 Å². The molecule has 0 atom stereocenters. The maximum atomic E-state index is 12.9. The van der Waals surface area contributed by atoms with E-state index in [-0.39, 0.29) is 5.82 Å². The van der Waals surface area contributed by atoms with Gasteiger partial charge in [-0.05, 0) is 30.5 Å². The maximum Gasteiger partial charge on any atom is 0.164 e. The van der Waals surface area contributed by atoms with E-state index in [1.165, 1.54) is 25.0 Å². The highest BCUT2D eigenvalue weighted by atomic mass is 35.5. The topological polar surface area (TPSA) is 42.7 Å². The Bertz CT molecular complexity index is 580. The molecule has 100 valence electrons. The highest BCUT2D eigenvalue weighted by molar-refractivity contribution is 6.31. The average molecular weight is 281 g/mol. The molecule has 0 bridgehead atoms. The van der Waals surface area contributed by atoms with Crippen molar-refractivity contribution >= 4 is 11.6 Å². The fraction of sp³-hybridized carbons (Fsp3) is 0.385. The molecule has 0 saturated heterocycles. The first-order chi connectivity index (χ1) is 9.20. The third kappa shape index (κ3) is 3.30. The Morgan fingerprint density at radius 1 is 1.42 bits per heavy atom. The summed E-state index contributed by atoms with van der Waals surface area (Å²) >= 11 is 5.98. The van der Waals surface area contributed by atoms with Crippen LogP contribution < -0.4 is 5.32 Å². The average Bonchev–Trinajstić information content (AvgIpc) is 3.10. The van der Waals surface area contributed by atoms with Crippen LogP contribution in [-0.2, 0) is 13.1 Å². The Kier molecular flexibility index (Phi) is 3.48. The van der Waals surface area contributed by atoms with E-state index in [2.05, 4.69) is 15.4 Å². The second-order valence-corrected chi connectivity index (χ2v) is 5.16. The summed E-state index contributed by atoms with van der Waals surface area (Å²) in [5.41, 5.74) is 0.828. The Hall–Kier alpha value is -1.46. The molecule has 0 unspecified atom stereocenters. The zero-order chi connectivity index (χ0) is 13.2. The van der Waals surface area contributed by atoms with E-state index in [4.69, 9.17) is 11.6 Å². The van der Waals surface area contributed by atoms with Crippen LogP contribution in [0.15, 0.2) is 24.5 Å². The van der Waals surface area contributed by atoms with E-state index in [0.29, 0.717) is 24.2 Å². The number of nitrogens with zero attached hydrogens (tertiary/aromatic N) is 3. The molecule has 1 aromatic heterocycles. The van der Waals surface area contributed by atoms with Crippen LogP contribution in [0.3, 0.4) is 0 Å². The molecule has 1 aromatic carbocycles. The lowest BCUT2D eigenvalue weighted by atomic mass is 10.2. The van der Waals surface area contributed by atoms with E-state index in [1.807, 2.05) is 0 Å². The van der Waals surface area contributed by atoms with Crippen LogP contribution in [0.2, 0.25) is 5.02 Å². The van der Waals surface area contributed by atoms with E-state index in [1.54, 1.807) is 17.1 Å². The van der Waals surface area contributed by atoms with Gasteiger partial charge in [-0.1, -0.05) is 17.7 Å². The molecule has 0 amide bonds. The van der Waals surface area contributed by atoms with Crippen molar-refractivity contribution in [2.75, 3.05) is 0 Å². The largest absolute Gasteiger partial charge is 0.307 e. The monoisotopic (exact) mass is 280 g/mol. The standard InChI is InChI=1S/C13H14ClFN4/c14-12-5-10(15)2-1-9(12)7-19-8-17-13(18-19)6-16-11-3-4-11/h1-2,5,8,11,16H,3-4,6-7H2. The number of hydrogen-bond donors (Lipinski definition) is 1. The minimum Gasteiger partial charge on any atom is -0.307 e. The van der Waals surface area contributed by atoms with Gasteiger partial charge in [-0.15, -0.1) is 0 Å². The highest BCUT2D eigenvalue weighted by Gasteiger charge is 2.20. The van der Waals surface area contributed by atoms with E-state index in [9.17, 15) is 4.39 Å². The van der Waals surface area contributed by atoms with E-state index >= 15 is 0 Å². The summed E-state index contributed by atoms with van der Waals surface area (Å²) in [5, 5.41) is 8.12. The summed E-state index contributed by atoms with van der Waals surface area (Å²) in [6, 6.07) is 5.01. The molecule has 1 saturated carbocycles. The van der Waals surface area contributed by atoms with Crippen LogP contribution in [0.5, 0.6) is 0 Å². The van der Waals surface area contributed by atoms with Crippen molar-refractivity contribution in [1.82, 2.24) is 20.1 Å². The smallest absolute Gasteiger partial charge is 0.164 e. The molecule has 1 N–H and O–H groups in total. The van der Waals surface area contributed by atoms with Crippen LogP contribution >= 0.6 is 11.6 Å². The number of nitrogens with one attached hydrogen (secondary N) is 1.